The van der Waals surface area contributed by atoms with Crippen LogP contribution in [-0.4, -0.2) is 21.2 Å². The van der Waals surface area contributed by atoms with Crippen LogP contribution in [-0.2, 0) is 0 Å². The zero-order valence-electron chi connectivity index (χ0n) is 9.10. The van der Waals surface area contributed by atoms with Crippen molar-refractivity contribution in [1.29, 1.82) is 0 Å². The molecule has 2 heterocycles. The van der Waals surface area contributed by atoms with Crippen LogP contribution in [0.15, 0.2) is 39.0 Å². The zero-order chi connectivity index (χ0) is 12.3. The van der Waals surface area contributed by atoms with E-state index in [1.807, 2.05) is 19.1 Å². The normalized spacial score (nSPS) is 10.9. The van der Waals surface area contributed by atoms with E-state index in [4.69, 9.17) is 0 Å². The lowest BCUT2D eigenvalue weighted by Crippen LogP contribution is -2.24. The second-order valence-corrected chi connectivity index (χ2v) is 3.42. The molecule has 2 N–H and O–H groups in total. The highest BCUT2D eigenvalue weighted by Gasteiger charge is 1.96. The van der Waals surface area contributed by atoms with Gasteiger partial charge in [-0.1, -0.05) is 6.07 Å². The summed E-state index contributed by atoms with van der Waals surface area (Å²) in [6, 6.07) is 5.40. The molecule has 0 bridgehead atoms. The molecule has 0 saturated heterocycles. The van der Waals surface area contributed by atoms with Crippen LogP contribution in [0.3, 0.4) is 0 Å². The maximum atomic E-state index is 11.3. The molecule has 2 aromatic rings. The van der Waals surface area contributed by atoms with E-state index >= 15 is 0 Å². The van der Waals surface area contributed by atoms with Crippen LogP contribution >= 0.6 is 0 Å². The van der Waals surface area contributed by atoms with Gasteiger partial charge in [-0.2, -0.15) is 0 Å². The van der Waals surface area contributed by atoms with Gasteiger partial charge in [-0.05, 0) is 19.1 Å². The minimum absolute atomic E-state index is 0.271. The number of hydrogen-bond acceptors (Lipinski definition) is 4. The molecule has 0 unspecified atom stereocenters. The van der Waals surface area contributed by atoms with E-state index in [1.54, 1.807) is 6.07 Å². The van der Waals surface area contributed by atoms with Gasteiger partial charge in [0.2, 0.25) is 0 Å². The monoisotopic (exact) mass is 230 g/mol. The van der Waals surface area contributed by atoms with Gasteiger partial charge < -0.3 is 4.98 Å². The lowest BCUT2D eigenvalue weighted by molar-refractivity contribution is 1.03. The van der Waals surface area contributed by atoms with Crippen molar-refractivity contribution in [3.05, 3.63) is 56.5 Å². The number of pyridine rings is 1. The molecule has 17 heavy (non-hydrogen) atoms. The zero-order valence-corrected chi connectivity index (χ0v) is 9.10. The summed E-state index contributed by atoms with van der Waals surface area (Å²) in [5.74, 6) is 0.510. The number of aryl methyl sites for hydroxylation is 1. The van der Waals surface area contributed by atoms with E-state index in [1.165, 1.54) is 12.4 Å². The van der Waals surface area contributed by atoms with Gasteiger partial charge in [-0.15, -0.1) is 0 Å². The van der Waals surface area contributed by atoms with Crippen LogP contribution in [0.2, 0.25) is 0 Å². The minimum Gasteiger partial charge on any atom is -0.313 e. The number of nitrogens with zero attached hydrogens (tertiary/aromatic N) is 2. The Labute approximate surface area is 96.1 Å². The molecule has 86 valence electrons. The summed E-state index contributed by atoms with van der Waals surface area (Å²) in [6.45, 7) is 1.85. The lowest BCUT2D eigenvalue weighted by atomic mass is 10.3. The average Bonchev–Trinajstić information content (AvgIpc) is 2.28. The molecule has 0 atom stereocenters. The first-order valence-corrected chi connectivity index (χ1v) is 4.95. The number of aromatic amines is 2. The van der Waals surface area contributed by atoms with Crippen LogP contribution in [0.25, 0.3) is 0 Å². The summed E-state index contributed by atoms with van der Waals surface area (Å²) < 4.78 is 0. The molecule has 0 aliphatic heterocycles. The Balaban J connectivity index is 2.32. The van der Waals surface area contributed by atoms with Crippen molar-refractivity contribution in [1.82, 2.24) is 15.0 Å². The smallest absolute Gasteiger partial charge is 0.313 e. The van der Waals surface area contributed by atoms with Crippen LogP contribution in [0.4, 0.5) is 5.82 Å². The molecule has 0 fully saturated rings. The van der Waals surface area contributed by atoms with Gasteiger partial charge in [0.1, 0.15) is 0 Å². The van der Waals surface area contributed by atoms with Gasteiger partial charge in [0.05, 0.1) is 5.56 Å². The average molecular weight is 230 g/mol. The first-order chi connectivity index (χ1) is 8.15. The van der Waals surface area contributed by atoms with Gasteiger partial charge in [0, 0.05) is 18.1 Å². The summed E-state index contributed by atoms with van der Waals surface area (Å²) in [6.07, 6.45) is 2.66. The lowest BCUT2D eigenvalue weighted by Gasteiger charge is -1.94. The topological polar surface area (TPSA) is 91.0 Å². The van der Waals surface area contributed by atoms with Crippen molar-refractivity contribution < 1.29 is 0 Å². The van der Waals surface area contributed by atoms with E-state index in [0.29, 0.717) is 5.82 Å². The Morgan fingerprint density at radius 3 is 2.88 bits per heavy atom. The molecule has 0 aliphatic carbocycles. The molecule has 2 aromatic heterocycles. The van der Waals surface area contributed by atoms with Crippen LogP contribution < -0.4 is 11.2 Å². The summed E-state index contributed by atoms with van der Waals surface area (Å²) in [7, 11) is 0. The van der Waals surface area contributed by atoms with Crippen molar-refractivity contribution in [3.63, 3.8) is 0 Å². The fourth-order valence-electron chi connectivity index (χ4n) is 1.25. The quantitative estimate of drug-likeness (QED) is 0.736. The fraction of sp³-hybridized carbons (Fsp3) is 0.0909. The number of aromatic nitrogens is 3. The predicted molar refractivity (Wildman–Crippen MR) is 63.9 cm³/mol. The molecule has 2 rings (SSSR count). The standard InChI is InChI=1S/C11H10N4O2/c1-7-3-2-4-9(14-7)12-5-8-6-13-11(17)15-10(8)16/h2-6H,1H3,(H2,13,15,16,17)/b12-5+. The number of hydrogen-bond donors (Lipinski definition) is 2. The number of rotatable bonds is 2. The van der Waals surface area contributed by atoms with Crippen LogP contribution in [0.5, 0.6) is 0 Å². The van der Waals surface area contributed by atoms with E-state index in [-0.39, 0.29) is 5.56 Å². The third-order valence-corrected chi connectivity index (χ3v) is 2.06. The summed E-state index contributed by atoms with van der Waals surface area (Å²) in [5.41, 5.74) is 0.0916. The molecule has 6 heteroatoms. The Kier molecular flexibility index (Phi) is 2.95. The van der Waals surface area contributed by atoms with E-state index < -0.39 is 11.2 Å². The minimum atomic E-state index is -0.541. The molecule has 0 spiro atoms. The first-order valence-electron chi connectivity index (χ1n) is 4.95. The maximum absolute atomic E-state index is 11.3. The molecule has 0 aliphatic rings. The summed E-state index contributed by atoms with van der Waals surface area (Å²) in [4.78, 5) is 34.8. The Morgan fingerprint density at radius 2 is 2.18 bits per heavy atom. The number of nitrogens with one attached hydrogen (secondary N) is 2. The van der Waals surface area contributed by atoms with Crippen molar-refractivity contribution >= 4 is 12.0 Å². The van der Waals surface area contributed by atoms with Crippen molar-refractivity contribution in [2.24, 2.45) is 4.99 Å². The highest BCUT2D eigenvalue weighted by Crippen LogP contribution is 2.07. The number of H-pyrrole nitrogens is 2. The Bertz CT molecular complexity index is 669. The van der Waals surface area contributed by atoms with Crippen LogP contribution in [0, 0.1) is 6.92 Å². The number of aliphatic imine (C=N–C) groups is 1. The molecule has 6 nitrogen and oxygen atoms in total. The first kappa shape index (κ1) is 11.0. The second kappa shape index (κ2) is 4.56. The van der Waals surface area contributed by atoms with Crippen LogP contribution in [0.1, 0.15) is 11.3 Å². The molecule has 0 radical (unpaired) electrons. The van der Waals surface area contributed by atoms with E-state index in [2.05, 4.69) is 19.9 Å². The van der Waals surface area contributed by atoms with Crippen molar-refractivity contribution in [2.45, 2.75) is 6.92 Å². The third kappa shape index (κ3) is 2.75. The second-order valence-electron chi connectivity index (χ2n) is 3.42. The van der Waals surface area contributed by atoms with Gasteiger partial charge in [0.15, 0.2) is 5.82 Å². The Morgan fingerprint density at radius 1 is 1.35 bits per heavy atom. The van der Waals surface area contributed by atoms with Crippen molar-refractivity contribution in [3.8, 4) is 0 Å². The van der Waals surface area contributed by atoms with Gasteiger partial charge in [0.25, 0.3) is 5.56 Å². The summed E-state index contributed by atoms with van der Waals surface area (Å²) in [5, 5.41) is 0. The molecule has 0 amide bonds. The SMILES string of the molecule is Cc1cccc(/N=C/c2c[nH]c(=O)[nH]c2=O)n1. The van der Waals surface area contributed by atoms with E-state index in [0.717, 1.165) is 5.69 Å². The predicted octanol–water partition coefficient (Wildman–Crippen LogP) is 0.517. The molecule has 0 aromatic carbocycles. The Hall–Kier alpha value is -2.50. The summed E-state index contributed by atoms with van der Waals surface area (Å²) >= 11 is 0. The molecule has 0 saturated carbocycles. The fourth-order valence-corrected chi connectivity index (χ4v) is 1.25. The van der Waals surface area contributed by atoms with Crippen molar-refractivity contribution in [2.75, 3.05) is 0 Å². The van der Waals surface area contributed by atoms with Gasteiger partial charge in [-0.3, -0.25) is 9.78 Å². The molecular formula is C11H10N4O2. The maximum Gasteiger partial charge on any atom is 0.325 e. The highest BCUT2D eigenvalue weighted by molar-refractivity contribution is 5.80. The van der Waals surface area contributed by atoms with E-state index in [9.17, 15) is 9.59 Å². The largest absolute Gasteiger partial charge is 0.325 e. The third-order valence-electron chi connectivity index (χ3n) is 2.06. The highest BCUT2D eigenvalue weighted by atomic mass is 16.2. The van der Waals surface area contributed by atoms with Gasteiger partial charge >= 0.3 is 5.69 Å². The molecular weight excluding hydrogens is 220 g/mol. The van der Waals surface area contributed by atoms with Gasteiger partial charge in [-0.25, -0.2) is 14.8 Å².